The van der Waals surface area contributed by atoms with Gasteiger partial charge in [-0.25, -0.2) is 0 Å². The standard InChI is InChI=1S/C19H25BrO/c1-18-8-3-4-14(18)13-6-5-12-10-17(21)16(20)11-19(12,2)15(13)7-9-18/h10-11,13-15H,3-9H2,1-2H3/t13-,14-,15-,18-,19-/m0/s1. The van der Waals surface area contributed by atoms with Crippen molar-refractivity contribution in [3.05, 3.63) is 22.2 Å². The van der Waals surface area contributed by atoms with E-state index in [0.29, 0.717) is 5.41 Å². The topological polar surface area (TPSA) is 17.1 Å². The van der Waals surface area contributed by atoms with Crippen molar-refractivity contribution in [3.8, 4) is 0 Å². The summed E-state index contributed by atoms with van der Waals surface area (Å²) in [6.45, 7) is 4.94. The summed E-state index contributed by atoms with van der Waals surface area (Å²) in [4.78, 5) is 12.0. The Morgan fingerprint density at radius 2 is 1.95 bits per heavy atom. The number of allylic oxidation sites excluding steroid dienone is 4. The average Bonchev–Trinajstić information content (AvgIpc) is 2.82. The van der Waals surface area contributed by atoms with Gasteiger partial charge in [-0.05, 0) is 83.7 Å². The SMILES string of the molecule is C[C@@]12CCC[C@H]1[C@@H]1CCC3=CC(=O)C(Br)=C[C@]3(C)[C@H]1CC2. The Bertz CT molecular complexity index is 560. The van der Waals surface area contributed by atoms with Crippen LogP contribution < -0.4 is 0 Å². The monoisotopic (exact) mass is 348 g/mol. The van der Waals surface area contributed by atoms with Crippen molar-refractivity contribution in [2.45, 2.75) is 58.8 Å². The predicted octanol–water partition coefficient (Wildman–Crippen LogP) is 5.41. The van der Waals surface area contributed by atoms with Crippen molar-refractivity contribution in [3.63, 3.8) is 0 Å². The fourth-order valence-corrected chi connectivity index (χ4v) is 6.84. The van der Waals surface area contributed by atoms with Crippen molar-refractivity contribution in [2.75, 3.05) is 0 Å². The van der Waals surface area contributed by atoms with E-state index in [2.05, 4.69) is 35.9 Å². The van der Waals surface area contributed by atoms with Crippen LogP contribution in [0.1, 0.15) is 58.8 Å². The van der Waals surface area contributed by atoms with Crippen LogP contribution in [-0.2, 0) is 4.79 Å². The quantitative estimate of drug-likeness (QED) is 0.572. The first-order chi connectivity index (χ1) is 9.94. The molecule has 0 aromatic heterocycles. The van der Waals surface area contributed by atoms with E-state index in [1.807, 2.05) is 6.08 Å². The number of hydrogen-bond acceptors (Lipinski definition) is 1. The number of ketones is 1. The molecule has 114 valence electrons. The molecular formula is C19H25BrO. The number of carbonyl (C=O) groups is 1. The summed E-state index contributed by atoms with van der Waals surface area (Å²) in [7, 11) is 0. The second-order valence-corrected chi connectivity index (χ2v) is 9.16. The fourth-order valence-electron chi connectivity index (χ4n) is 6.25. The third kappa shape index (κ3) is 1.90. The summed E-state index contributed by atoms with van der Waals surface area (Å²) in [5.74, 6) is 2.72. The Morgan fingerprint density at radius 1 is 1.14 bits per heavy atom. The van der Waals surface area contributed by atoms with E-state index in [4.69, 9.17) is 0 Å². The summed E-state index contributed by atoms with van der Waals surface area (Å²) < 4.78 is 0.786. The Balaban J connectivity index is 1.73. The molecule has 0 aromatic carbocycles. The van der Waals surface area contributed by atoms with Crippen LogP contribution in [0.4, 0.5) is 0 Å². The zero-order chi connectivity index (χ0) is 14.8. The van der Waals surface area contributed by atoms with Crippen LogP contribution in [0.25, 0.3) is 0 Å². The highest BCUT2D eigenvalue weighted by molar-refractivity contribution is 9.12. The molecule has 5 atom stereocenters. The minimum absolute atomic E-state index is 0.125. The molecule has 0 spiro atoms. The number of halogens is 1. The third-order valence-electron chi connectivity index (χ3n) is 7.39. The van der Waals surface area contributed by atoms with Gasteiger partial charge in [0.1, 0.15) is 0 Å². The summed E-state index contributed by atoms with van der Waals surface area (Å²) in [6.07, 6.45) is 13.7. The number of fused-ring (bicyclic) bond motifs is 5. The van der Waals surface area contributed by atoms with Crippen molar-refractivity contribution in [1.82, 2.24) is 0 Å². The summed E-state index contributed by atoms with van der Waals surface area (Å²) in [5.41, 5.74) is 2.14. The van der Waals surface area contributed by atoms with Crippen LogP contribution in [0, 0.1) is 28.6 Å². The fraction of sp³-hybridized carbons (Fsp3) is 0.737. The lowest BCUT2D eigenvalue weighted by Gasteiger charge is -2.56. The van der Waals surface area contributed by atoms with Gasteiger partial charge in [0, 0.05) is 5.41 Å². The molecule has 0 radical (unpaired) electrons. The van der Waals surface area contributed by atoms with Crippen LogP contribution in [0.3, 0.4) is 0 Å². The highest BCUT2D eigenvalue weighted by atomic mass is 79.9. The van der Waals surface area contributed by atoms with Crippen LogP contribution in [0.5, 0.6) is 0 Å². The van der Waals surface area contributed by atoms with E-state index in [9.17, 15) is 4.79 Å². The van der Waals surface area contributed by atoms with Crippen molar-refractivity contribution in [2.24, 2.45) is 28.6 Å². The van der Waals surface area contributed by atoms with E-state index < -0.39 is 0 Å². The lowest BCUT2D eigenvalue weighted by atomic mass is 9.48. The minimum atomic E-state index is 0.125. The van der Waals surface area contributed by atoms with Crippen molar-refractivity contribution in [1.29, 1.82) is 0 Å². The molecule has 1 nitrogen and oxygen atoms in total. The molecule has 0 bridgehead atoms. The second kappa shape index (κ2) is 4.57. The van der Waals surface area contributed by atoms with Crippen LogP contribution in [0.2, 0.25) is 0 Å². The van der Waals surface area contributed by atoms with Gasteiger partial charge in [-0.3, -0.25) is 4.79 Å². The molecule has 4 aliphatic carbocycles. The molecule has 0 aliphatic heterocycles. The molecule has 0 N–H and O–H groups in total. The maximum absolute atomic E-state index is 12.0. The lowest BCUT2D eigenvalue weighted by molar-refractivity contribution is -0.111. The summed E-state index contributed by atoms with van der Waals surface area (Å²) in [5, 5.41) is 0. The highest BCUT2D eigenvalue weighted by Gasteiger charge is 2.55. The van der Waals surface area contributed by atoms with E-state index in [1.165, 1.54) is 44.1 Å². The van der Waals surface area contributed by atoms with Crippen LogP contribution in [0.15, 0.2) is 22.2 Å². The molecule has 3 fully saturated rings. The van der Waals surface area contributed by atoms with Gasteiger partial charge in [-0.1, -0.05) is 31.9 Å². The molecule has 0 heterocycles. The van der Waals surface area contributed by atoms with Crippen LogP contribution >= 0.6 is 15.9 Å². The first-order valence-electron chi connectivity index (χ1n) is 8.58. The molecule has 4 rings (SSSR count). The number of carbonyl (C=O) groups excluding carboxylic acids is 1. The molecule has 0 unspecified atom stereocenters. The van der Waals surface area contributed by atoms with Gasteiger partial charge in [0.15, 0.2) is 5.78 Å². The van der Waals surface area contributed by atoms with E-state index in [0.717, 1.165) is 28.7 Å². The Labute approximate surface area is 136 Å². The predicted molar refractivity (Wildman–Crippen MR) is 89.1 cm³/mol. The van der Waals surface area contributed by atoms with E-state index in [1.54, 1.807) is 0 Å². The van der Waals surface area contributed by atoms with E-state index in [-0.39, 0.29) is 11.2 Å². The van der Waals surface area contributed by atoms with Crippen LogP contribution in [-0.4, -0.2) is 5.78 Å². The van der Waals surface area contributed by atoms with Crippen molar-refractivity contribution < 1.29 is 4.79 Å². The third-order valence-corrected chi connectivity index (χ3v) is 8.01. The molecule has 0 aromatic rings. The van der Waals surface area contributed by atoms with Gasteiger partial charge in [0.05, 0.1) is 4.48 Å². The second-order valence-electron chi connectivity index (χ2n) is 8.31. The minimum Gasteiger partial charge on any atom is -0.289 e. The molecule has 2 heteroatoms. The highest BCUT2D eigenvalue weighted by Crippen LogP contribution is 2.64. The van der Waals surface area contributed by atoms with Gasteiger partial charge < -0.3 is 0 Å². The molecule has 0 amide bonds. The smallest absolute Gasteiger partial charge is 0.192 e. The zero-order valence-electron chi connectivity index (χ0n) is 13.1. The normalized spacial score (nSPS) is 48.9. The molecule has 21 heavy (non-hydrogen) atoms. The molecular weight excluding hydrogens is 324 g/mol. The first kappa shape index (κ1) is 14.2. The molecule has 3 saturated carbocycles. The molecule has 0 saturated heterocycles. The molecule has 4 aliphatic rings. The Morgan fingerprint density at radius 3 is 2.76 bits per heavy atom. The maximum Gasteiger partial charge on any atom is 0.192 e. The van der Waals surface area contributed by atoms with E-state index >= 15 is 0 Å². The van der Waals surface area contributed by atoms with Gasteiger partial charge in [-0.2, -0.15) is 0 Å². The maximum atomic E-state index is 12.0. The Hall–Kier alpha value is -0.370. The first-order valence-corrected chi connectivity index (χ1v) is 9.37. The van der Waals surface area contributed by atoms with Gasteiger partial charge >= 0.3 is 0 Å². The van der Waals surface area contributed by atoms with Crippen molar-refractivity contribution >= 4 is 21.7 Å². The zero-order valence-corrected chi connectivity index (χ0v) is 14.7. The Kier molecular flexibility index (Phi) is 3.10. The lowest BCUT2D eigenvalue weighted by Crippen LogP contribution is -2.48. The average molecular weight is 349 g/mol. The van der Waals surface area contributed by atoms with Gasteiger partial charge in [-0.15, -0.1) is 0 Å². The summed E-state index contributed by atoms with van der Waals surface area (Å²) >= 11 is 3.50. The van der Waals surface area contributed by atoms with Gasteiger partial charge in [0.25, 0.3) is 0 Å². The number of rotatable bonds is 0. The van der Waals surface area contributed by atoms with Gasteiger partial charge in [0.2, 0.25) is 0 Å². The largest absolute Gasteiger partial charge is 0.289 e. The number of hydrogen-bond donors (Lipinski definition) is 0. The summed E-state index contributed by atoms with van der Waals surface area (Å²) in [6, 6.07) is 0.